The van der Waals surface area contributed by atoms with E-state index < -0.39 is 41.0 Å². The highest BCUT2D eigenvalue weighted by atomic mass is 28.4. The lowest BCUT2D eigenvalue weighted by Crippen LogP contribution is -2.58. The maximum Gasteiger partial charge on any atom is 0.499 e. The van der Waals surface area contributed by atoms with E-state index in [0.717, 1.165) is 0 Å². The fraction of sp³-hybridized carbons (Fsp3) is 0.444. The van der Waals surface area contributed by atoms with Crippen LogP contribution in [0.15, 0.2) is 24.3 Å². The second kappa shape index (κ2) is 9.65. The molecule has 0 heterocycles. The van der Waals surface area contributed by atoms with E-state index in [4.69, 9.17) is 17.7 Å². The van der Waals surface area contributed by atoms with Crippen LogP contribution in [-0.4, -0.2) is 41.0 Å². The van der Waals surface area contributed by atoms with Crippen molar-refractivity contribution < 1.29 is 36.9 Å². The van der Waals surface area contributed by atoms with Crippen molar-refractivity contribution in [1.29, 1.82) is 0 Å². The van der Waals surface area contributed by atoms with Crippen LogP contribution in [0.5, 0.6) is 0 Å². The molecular weight excluding hydrogens is 400 g/mol. The Morgan fingerprint density at radius 1 is 0.607 bits per heavy atom. The third-order valence-corrected chi connectivity index (χ3v) is 10.7. The molecule has 8 nitrogen and oxygen atoms in total. The lowest BCUT2D eigenvalue weighted by Gasteiger charge is -2.30. The van der Waals surface area contributed by atoms with Gasteiger partial charge in [0, 0.05) is 50.2 Å². The van der Waals surface area contributed by atoms with Gasteiger partial charge in [-0.15, -0.1) is 0 Å². The SMILES string of the molecule is CC[Si](OC(C)=O)(OC(C)=O)c1ccc([Si](CC)(OC(C)=O)OC(C)=O)cc1. The van der Waals surface area contributed by atoms with Crippen molar-refractivity contribution in [3.8, 4) is 0 Å². The van der Waals surface area contributed by atoms with Gasteiger partial charge in [-0.25, -0.2) is 0 Å². The number of rotatable bonds is 8. The van der Waals surface area contributed by atoms with Gasteiger partial charge in [0.15, 0.2) is 0 Å². The van der Waals surface area contributed by atoms with Gasteiger partial charge in [-0.2, -0.15) is 0 Å². The van der Waals surface area contributed by atoms with E-state index in [0.29, 0.717) is 22.5 Å². The average Bonchev–Trinajstić information content (AvgIpc) is 2.58. The number of carbonyl (C=O) groups is 4. The molecule has 0 aliphatic heterocycles. The zero-order valence-electron chi connectivity index (χ0n) is 17.0. The Labute approximate surface area is 166 Å². The van der Waals surface area contributed by atoms with E-state index in [1.807, 2.05) is 0 Å². The van der Waals surface area contributed by atoms with Crippen LogP contribution in [-0.2, 0) is 36.9 Å². The molecule has 0 saturated heterocycles. The van der Waals surface area contributed by atoms with Gasteiger partial charge < -0.3 is 17.7 Å². The number of hydrogen-bond donors (Lipinski definition) is 0. The molecule has 0 amide bonds. The van der Waals surface area contributed by atoms with Crippen LogP contribution in [0.4, 0.5) is 0 Å². The zero-order chi connectivity index (χ0) is 21.5. The molecular formula is C18H26O8Si2. The van der Waals surface area contributed by atoms with Crippen molar-refractivity contribution in [2.24, 2.45) is 0 Å². The van der Waals surface area contributed by atoms with Crippen LogP contribution in [0.25, 0.3) is 0 Å². The van der Waals surface area contributed by atoms with Crippen LogP contribution in [0.2, 0.25) is 12.1 Å². The predicted octanol–water partition coefficient (Wildman–Crippen LogP) is 1.28. The molecule has 0 unspecified atom stereocenters. The Bertz CT molecular complexity index is 649. The molecule has 0 fully saturated rings. The summed E-state index contributed by atoms with van der Waals surface area (Å²) in [5.41, 5.74) is 0. The second-order valence-electron chi connectivity index (χ2n) is 6.16. The van der Waals surface area contributed by atoms with Gasteiger partial charge in [0.25, 0.3) is 23.9 Å². The number of hydrogen-bond acceptors (Lipinski definition) is 8. The molecule has 0 bridgehead atoms. The molecule has 0 spiro atoms. The average molecular weight is 427 g/mol. The maximum atomic E-state index is 11.6. The highest BCUT2D eigenvalue weighted by Crippen LogP contribution is 2.18. The first-order valence-electron chi connectivity index (χ1n) is 8.89. The fourth-order valence-corrected chi connectivity index (χ4v) is 8.04. The molecule has 1 aromatic rings. The molecule has 0 aliphatic carbocycles. The van der Waals surface area contributed by atoms with E-state index in [-0.39, 0.29) is 0 Å². The standard InChI is InChI=1S/C18H26O8Si2/c1-7-27(23-13(3)19,24-14(4)20)17-9-11-18(12-10-17)28(8-2,25-15(5)21)26-16(6)22/h9-12H,7-8H2,1-6H3. The Morgan fingerprint density at radius 3 is 0.964 bits per heavy atom. The van der Waals surface area contributed by atoms with Gasteiger partial charge in [-0.1, -0.05) is 38.1 Å². The minimum Gasteiger partial charge on any atom is -0.482 e. The summed E-state index contributed by atoms with van der Waals surface area (Å²) >= 11 is 0. The van der Waals surface area contributed by atoms with E-state index >= 15 is 0 Å². The first kappa shape index (κ1) is 23.6. The lowest BCUT2D eigenvalue weighted by molar-refractivity contribution is -0.140. The molecule has 154 valence electrons. The van der Waals surface area contributed by atoms with Crippen molar-refractivity contribution in [3.63, 3.8) is 0 Å². The van der Waals surface area contributed by atoms with Gasteiger partial charge in [0.2, 0.25) is 0 Å². The Morgan fingerprint density at radius 2 is 0.821 bits per heavy atom. The summed E-state index contributed by atoms with van der Waals surface area (Å²) in [6.45, 7) is 8.57. The van der Waals surface area contributed by atoms with Gasteiger partial charge in [-0.3, -0.25) is 19.2 Å². The quantitative estimate of drug-likeness (QED) is 0.573. The minimum atomic E-state index is -3.33. The normalized spacial score (nSPS) is 11.4. The zero-order valence-corrected chi connectivity index (χ0v) is 19.0. The van der Waals surface area contributed by atoms with Crippen LogP contribution < -0.4 is 10.4 Å². The van der Waals surface area contributed by atoms with Crippen molar-refractivity contribution in [2.45, 2.75) is 53.6 Å². The fourth-order valence-electron chi connectivity index (χ4n) is 2.88. The summed E-state index contributed by atoms with van der Waals surface area (Å²) in [5.74, 6) is -2.18. The molecule has 1 rings (SSSR count). The third kappa shape index (κ3) is 5.76. The molecule has 0 atom stereocenters. The van der Waals surface area contributed by atoms with Gasteiger partial charge in [0.1, 0.15) is 0 Å². The van der Waals surface area contributed by atoms with Crippen LogP contribution in [0, 0.1) is 0 Å². The van der Waals surface area contributed by atoms with Gasteiger partial charge >= 0.3 is 17.1 Å². The molecule has 28 heavy (non-hydrogen) atoms. The molecule has 0 N–H and O–H groups in total. The Hall–Kier alpha value is -2.47. The third-order valence-electron chi connectivity index (χ3n) is 3.93. The molecule has 0 radical (unpaired) electrons. The summed E-state index contributed by atoms with van der Waals surface area (Å²) in [7, 11) is -6.65. The Balaban J connectivity index is 3.44. The molecule has 0 saturated carbocycles. The van der Waals surface area contributed by atoms with Gasteiger partial charge in [0.05, 0.1) is 0 Å². The van der Waals surface area contributed by atoms with Crippen LogP contribution in [0.1, 0.15) is 41.5 Å². The number of carbonyl (C=O) groups excluding carboxylic acids is 4. The van der Waals surface area contributed by atoms with E-state index in [1.165, 1.54) is 27.7 Å². The first-order chi connectivity index (χ1) is 13.0. The first-order valence-corrected chi connectivity index (χ1v) is 12.9. The molecule has 0 aromatic heterocycles. The highest BCUT2D eigenvalue weighted by Gasteiger charge is 2.47. The summed E-state index contributed by atoms with van der Waals surface area (Å²) < 4.78 is 21.8. The highest BCUT2D eigenvalue weighted by molar-refractivity contribution is 6.85. The predicted molar refractivity (Wildman–Crippen MR) is 105 cm³/mol. The van der Waals surface area contributed by atoms with Crippen molar-refractivity contribution in [2.75, 3.05) is 0 Å². The molecule has 0 aliphatic rings. The maximum absolute atomic E-state index is 11.6. The number of benzene rings is 1. The Kier molecular flexibility index (Phi) is 8.12. The van der Waals surface area contributed by atoms with Crippen LogP contribution >= 0.6 is 0 Å². The monoisotopic (exact) mass is 426 g/mol. The molecule has 1 aromatic carbocycles. The van der Waals surface area contributed by atoms with Crippen molar-refractivity contribution in [3.05, 3.63) is 24.3 Å². The van der Waals surface area contributed by atoms with Crippen LogP contribution in [0.3, 0.4) is 0 Å². The van der Waals surface area contributed by atoms with E-state index in [2.05, 4.69) is 0 Å². The summed E-state index contributed by atoms with van der Waals surface area (Å²) in [6.07, 6.45) is 0. The van der Waals surface area contributed by atoms with Crippen molar-refractivity contribution in [1.82, 2.24) is 0 Å². The second-order valence-corrected chi connectivity index (χ2v) is 12.6. The topological polar surface area (TPSA) is 105 Å². The lowest BCUT2D eigenvalue weighted by atomic mass is 10.4. The summed E-state index contributed by atoms with van der Waals surface area (Å²) in [5, 5.41) is 1.13. The van der Waals surface area contributed by atoms with E-state index in [9.17, 15) is 19.2 Å². The largest absolute Gasteiger partial charge is 0.499 e. The van der Waals surface area contributed by atoms with E-state index in [1.54, 1.807) is 38.1 Å². The smallest absolute Gasteiger partial charge is 0.482 e. The van der Waals surface area contributed by atoms with Crippen molar-refractivity contribution >= 4 is 51.4 Å². The minimum absolute atomic E-state index is 0.329. The summed E-state index contributed by atoms with van der Waals surface area (Å²) in [6, 6.07) is 7.27. The summed E-state index contributed by atoms with van der Waals surface area (Å²) in [4.78, 5) is 46.4. The van der Waals surface area contributed by atoms with Gasteiger partial charge in [-0.05, 0) is 0 Å². The molecule has 10 heteroatoms.